The molecule has 4 nitrogen and oxygen atoms in total. The van der Waals surface area contributed by atoms with Crippen molar-refractivity contribution >= 4 is 22.8 Å². The predicted octanol–water partition coefficient (Wildman–Crippen LogP) is 2.95. The van der Waals surface area contributed by atoms with Gasteiger partial charge in [0.25, 0.3) is 0 Å². The second-order valence-corrected chi connectivity index (χ2v) is 6.30. The number of nitrogens with one attached hydrogen (secondary N) is 1. The number of fused-ring (bicyclic) bond motifs is 1. The second-order valence-electron chi connectivity index (χ2n) is 6.30. The molecule has 0 aliphatic carbocycles. The van der Waals surface area contributed by atoms with Crippen molar-refractivity contribution in [3.8, 4) is 0 Å². The first-order valence-electron chi connectivity index (χ1n) is 7.31. The lowest BCUT2D eigenvalue weighted by molar-refractivity contribution is -0.128. The molecule has 0 amide bonds. The second kappa shape index (κ2) is 5.74. The molecule has 1 heterocycles. The standard InChI is InChI=1S/C18H20FNO3/c1-9-8-12(19)15-16(10(9)2)20-13(11(3)17(15)22)6-7-14(21)18(4,5)23/h6-8,23H,1-5H3,(H,20,22). The average Bonchev–Trinajstić information content (AvgIpc) is 2.44. The van der Waals surface area contributed by atoms with E-state index >= 15 is 0 Å². The van der Waals surface area contributed by atoms with Crippen LogP contribution >= 0.6 is 0 Å². The maximum Gasteiger partial charge on any atom is 0.195 e. The Morgan fingerprint density at radius 2 is 1.87 bits per heavy atom. The van der Waals surface area contributed by atoms with Crippen LogP contribution in [0.4, 0.5) is 4.39 Å². The summed E-state index contributed by atoms with van der Waals surface area (Å²) in [5.41, 5.74) is 0.787. The molecule has 0 aliphatic heterocycles. The lowest BCUT2D eigenvalue weighted by atomic mass is 10.0. The summed E-state index contributed by atoms with van der Waals surface area (Å²) in [5.74, 6) is -1.04. The van der Waals surface area contributed by atoms with Gasteiger partial charge in [-0.2, -0.15) is 0 Å². The monoisotopic (exact) mass is 317 g/mol. The van der Waals surface area contributed by atoms with Gasteiger partial charge < -0.3 is 10.1 Å². The van der Waals surface area contributed by atoms with E-state index in [1.165, 1.54) is 32.1 Å². The Morgan fingerprint density at radius 3 is 2.43 bits per heavy atom. The number of pyridine rings is 1. The highest BCUT2D eigenvalue weighted by Gasteiger charge is 2.21. The first-order valence-corrected chi connectivity index (χ1v) is 7.31. The highest BCUT2D eigenvalue weighted by molar-refractivity contribution is 5.99. The number of aromatic amines is 1. The van der Waals surface area contributed by atoms with E-state index in [-0.39, 0.29) is 5.39 Å². The van der Waals surface area contributed by atoms with Gasteiger partial charge in [0.2, 0.25) is 0 Å². The third kappa shape index (κ3) is 3.10. The number of carbonyl (C=O) groups is 1. The number of aromatic nitrogens is 1. The Morgan fingerprint density at radius 1 is 1.26 bits per heavy atom. The first-order chi connectivity index (χ1) is 10.5. The fraction of sp³-hybridized carbons (Fsp3) is 0.333. The van der Waals surface area contributed by atoms with Gasteiger partial charge in [-0.3, -0.25) is 9.59 Å². The number of hydrogen-bond acceptors (Lipinski definition) is 3. The summed E-state index contributed by atoms with van der Waals surface area (Å²) in [7, 11) is 0. The molecule has 0 fully saturated rings. The number of carbonyl (C=O) groups excluding carboxylic acids is 1. The molecule has 23 heavy (non-hydrogen) atoms. The highest BCUT2D eigenvalue weighted by atomic mass is 19.1. The van der Waals surface area contributed by atoms with Crippen LogP contribution in [-0.2, 0) is 4.79 Å². The summed E-state index contributed by atoms with van der Waals surface area (Å²) in [6.45, 7) is 7.92. The van der Waals surface area contributed by atoms with E-state index in [0.29, 0.717) is 16.8 Å². The molecule has 0 unspecified atom stereocenters. The third-order valence-corrected chi connectivity index (χ3v) is 4.03. The number of halogens is 1. The molecule has 2 rings (SSSR count). The topological polar surface area (TPSA) is 70.2 Å². The number of aryl methyl sites for hydroxylation is 2. The molecular weight excluding hydrogens is 297 g/mol. The van der Waals surface area contributed by atoms with Gasteiger partial charge in [-0.15, -0.1) is 0 Å². The Labute approximate surface area is 133 Å². The molecule has 2 N–H and O–H groups in total. The average molecular weight is 317 g/mol. The van der Waals surface area contributed by atoms with Gasteiger partial charge in [-0.1, -0.05) is 0 Å². The predicted molar refractivity (Wildman–Crippen MR) is 89.1 cm³/mol. The van der Waals surface area contributed by atoms with Crippen LogP contribution in [0.15, 0.2) is 16.9 Å². The molecule has 122 valence electrons. The largest absolute Gasteiger partial charge is 0.382 e. The normalized spacial score (nSPS) is 12.3. The Bertz CT molecular complexity index is 886. The fourth-order valence-electron chi connectivity index (χ4n) is 2.32. The SMILES string of the molecule is Cc1cc(F)c2c(=O)c(C)c(C=CC(=O)C(C)(C)O)[nH]c2c1C. The van der Waals surface area contributed by atoms with Crippen molar-refractivity contribution < 1.29 is 14.3 Å². The Hall–Kier alpha value is -2.27. The quantitative estimate of drug-likeness (QED) is 0.855. The lowest BCUT2D eigenvalue weighted by Gasteiger charge is -2.13. The number of H-pyrrole nitrogens is 1. The molecule has 0 radical (unpaired) electrons. The summed E-state index contributed by atoms with van der Waals surface area (Å²) < 4.78 is 14.1. The fourth-order valence-corrected chi connectivity index (χ4v) is 2.32. The summed E-state index contributed by atoms with van der Waals surface area (Å²) in [6.07, 6.45) is 2.65. The van der Waals surface area contributed by atoms with Crippen molar-refractivity contribution in [2.75, 3.05) is 0 Å². The molecule has 0 saturated carbocycles. The van der Waals surface area contributed by atoms with Gasteiger partial charge in [0.1, 0.15) is 11.4 Å². The molecular formula is C18H20FNO3. The molecule has 0 aliphatic rings. The summed E-state index contributed by atoms with van der Waals surface area (Å²) >= 11 is 0. The number of benzene rings is 1. The molecule has 0 atom stereocenters. The van der Waals surface area contributed by atoms with E-state index in [2.05, 4.69) is 4.98 Å². The van der Waals surface area contributed by atoms with E-state index in [1.807, 2.05) is 0 Å². The van der Waals surface area contributed by atoms with Crippen LogP contribution in [0.1, 0.15) is 36.2 Å². The summed E-state index contributed by atoms with van der Waals surface area (Å²) in [6, 6.07) is 1.35. The van der Waals surface area contributed by atoms with Crippen LogP contribution in [0.5, 0.6) is 0 Å². The molecule has 0 bridgehead atoms. The smallest absolute Gasteiger partial charge is 0.195 e. The lowest BCUT2D eigenvalue weighted by Crippen LogP contribution is -2.29. The van der Waals surface area contributed by atoms with E-state index in [9.17, 15) is 19.1 Å². The molecule has 0 spiro atoms. The van der Waals surface area contributed by atoms with Crippen LogP contribution in [0, 0.1) is 26.6 Å². The summed E-state index contributed by atoms with van der Waals surface area (Å²) in [4.78, 5) is 27.3. The molecule has 5 heteroatoms. The molecule has 1 aromatic heterocycles. The van der Waals surface area contributed by atoms with Crippen LogP contribution < -0.4 is 5.43 Å². The van der Waals surface area contributed by atoms with E-state index in [4.69, 9.17) is 0 Å². The van der Waals surface area contributed by atoms with Crippen molar-refractivity contribution in [1.29, 1.82) is 0 Å². The van der Waals surface area contributed by atoms with Crippen molar-refractivity contribution in [3.63, 3.8) is 0 Å². The zero-order chi connectivity index (χ0) is 17.5. The van der Waals surface area contributed by atoms with E-state index in [1.54, 1.807) is 20.8 Å². The zero-order valence-corrected chi connectivity index (χ0v) is 13.9. The van der Waals surface area contributed by atoms with Crippen LogP contribution in [-0.4, -0.2) is 21.5 Å². The van der Waals surface area contributed by atoms with Crippen molar-refractivity contribution in [1.82, 2.24) is 4.98 Å². The van der Waals surface area contributed by atoms with Crippen molar-refractivity contribution in [2.45, 2.75) is 40.2 Å². The van der Waals surface area contributed by atoms with Gasteiger partial charge in [0.05, 0.1) is 10.9 Å². The van der Waals surface area contributed by atoms with Gasteiger partial charge in [-0.25, -0.2) is 4.39 Å². The first kappa shape index (κ1) is 17.1. The number of hydrogen-bond donors (Lipinski definition) is 2. The van der Waals surface area contributed by atoms with Crippen LogP contribution in [0.25, 0.3) is 17.0 Å². The minimum atomic E-state index is -1.49. The number of rotatable bonds is 3. The highest BCUT2D eigenvalue weighted by Crippen LogP contribution is 2.22. The van der Waals surface area contributed by atoms with Crippen molar-refractivity contribution in [2.24, 2.45) is 0 Å². The zero-order valence-electron chi connectivity index (χ0n) is 13.9. The summed E-state index contributed by atoms with van der Waals surface area (Å²) in [5, 5.41) is 9.68. The molecule has 0 saturated heterocycles. The van der Waals surface area contributed by atoms with Gasteiger partial charge in [0, 0.05) is 11.3 Å². The Balaban J connectivity index is 2.71. The van der Waals surface area contributed by atoms with Crippen molar-refractivity contribution in [3.05, 3.63) is 50.6 Å². The van der Waals surface area contributed by atoms with Crippen LogP contribution in [0.3, 0.4) is 0 Å². The van der Waals surface area contributed by atoms with Gasteiger partial charge in [0.15, 0.2) is 11.2 Å². The maximum atomic E-state index is 14.1. The minimum Gasteiger partial charge on any atom is -0.382 e. The van der Waals surface area contributed by atoms with Crippen LogP contribution in [0.2, 0.25) is 0 Å². The number of aliphatic hydroxyl groups is 1. The minimum absolute atomic E-state index is 0.0246. The third-order valence-electron chi connectivity index (χ3n) is 4.03. The Kier molecular flexibility index (Phi) is 4.26. The van der Waals surface area contributed by atoms with Gasteiger partial charge in [-0.05, 0) is 64.0 Å². The van der Waals surface area contributed by atoms with Gasteiger partial charge >= 0.3 is 0 Å². The number of ketones is 1. The van der Waals surface area contributed by atoms with E-state index < -0.39 is 22.6 Å². The maximum absolute atomic E-state index is 14.1. The van der Waals surface area contributed by atoms with E-state index in [0.717, 1.165) is 11.1 Å². The molecule has 2 aromatic rings. The molecule has 1 aromatic carbocycles.